The number of esters is 2. The molecule has 0 aliphatic carbocycles. The molecule has 0 spiro atoms. The lowest BCUT2D eigenvalue weighted by Crippen LogP contribution is -2.46. The van der Waals surface area contributed by atoms with Crippen molar-refractivity contribution >= 4 is 29.3 Å². The molecule has 3 N–H and O–H groups in total. The van der Waals surface area contributed by atoms with Crippen LogP contribution >= 0.6 is 11.3 Å². The summed E-state index contributed by atoms with van der Waals surface area (Å²) in [7, 11) is 0. The molecule has 152 valence electrons. The van der Waals surface area contributed by atoms with Gasteiger partial charge in [-0.2, -0.15) is 0 Å². The van der Waals surface area contributed by atoms with Gasteiger partial charge in [-0.1, -0.05) is 18.2 Å². The maximum absolute atomic E-state index is 12.6. The van der Waals surface area contributed by atoms with E-state index in [0.717, 1.165) is 4.88 Å². The number of urea groups is 1. The fourth-order valence-corrected chi connectivity index (χ4v) is 3.60. The fraction of sp³-hybridized carbons (Fsp3) is 0.250. The van der Waals surface area contributed by atoms with Gasteiger partial charge in [-0.25, -0.2) is 14.4 Å². The molecule has 1 aliphatic heterocycles. The number of thiophene rings is 1. The number of carbonyl (C=O) groups is 3. The lowest BCUT2D eigenvalue weighted by atomic mass is 10.0. The van der Waals surface area contributed by atoms with Crippen molar-refractivity contribution in [3.63, 3.8) is 0 Å². The third-order valence-electron chi connectivity index (χ3n) is 4.20. The van der Waals surface area contributed by atoms with Crippen LogP contribution in [0.15, 0.2) is 53.0 Å². The number of aliphatic hydroxyl groups excluding tert-OH is 1. The van der Waals surface area contributed by atoms with E-state index in [1.165, 1.54) is 23.5 Å². The van der Waals surface area contributed by atoms with Gasteiger partial charge in [-0.3, -0.25) is 0 Å². The van der Waals surface area contributed by atoms with Crippen LogP contribution < -0.4 is 10.6 Å². The number of hydrogen-bond acceptors (Lipinski definition) is 7. The number of nitrogens with one attached hydrogen (secondary N) is 2. The van der Waals surface area contributed by atoms with Crippen molar-refractivity contribution in [1.29, 1.82) is 0 Å². The molecule has 0 fully saturated rings. The van der Waals surface area contributed by atoms with Crippen LogP contribution in [0.1, 0.15) is 33.8 Å². The van der Waals surface area contributed by atoms with Gasteiger partial charge in [-0.05, 0) is 36.1 Å². The summed E-state index contributed by atoms with van der Waals surface area (Å²) in [6, 6.07) is 8.70. The minimum Gasteiger partial charge on any atom is -0.463 e. The Labute approximate surface area is 171 Å². The van der Waals surface area contributed by atoms with Gasteiger partial charge in [0.25, 0.3) is 0 Å². The second kappa shape index (κ2) is 9.35. The summed E-state index contributed by atoms with van der Waals surface area (Å²) < 4.78 is 10.5. The Hall–Kier alpha value is -3.17. The van der Waals surface area contributed by atoms with E-state index in [0.29, 0.717) is 5.56 Å². The van der Waals surface area contributed by atoms with Crippen LogP contribution in [0.5, 0.6) is 0 Å². The minimum absolute atomic E-state index is 0.131. The molecule has 2 amide bonds. The van der Waals surface area contributed by atoms with Gasteiger partial charge in [0.2, 0.25) is 0 Å². The number of rotatable bonds is 7. The number of benzene rings is 1. The van der Waals surface area contributed by atoms with Crippen molar-refractivity contribution in [2.45, 2.75) is 19.6 Å². The minimum atomic E-state index is -0.694. The van der Waals surface area contributed by atoms with Gasteiger partial charge in [0.05, 0.1) is 36.1 Å². The van der Waals surface area contributed by atoms with Crippen molar-refractivity contribution in [2.24, 2.45) is 0 Å². The van der Waals surface area contributed by atoms with Crippen LogP contribution in [0, 0.1) is 0 Å². The number of hydrogen-bond donors (Lipinski definition) is 3. The second-order valence-electron chi connectivity index (χ2n) is 6.09. The van der Waals surface area contributed by atoms with Gasteiger partial charge < -0.3 is 25.2 Å². The highest BCUT2D eigenvalue weighted by Crippen LogP contribution is 2.30. The molecular formula is C20H20N2O6S. The Kier molecular flexibility index (Phi) is 6.63. The molecule has 8 nitrogen and oxygen atoms in total. The number of aliphatic hydroxyl groups is 1. The Balaban J connectivity index is 1.85. The van der Waals surface area contributed by atoms with Crippen LogP contribution in [0.2, 0.25) is 0 Å². The lowest BCUT2D eigenvalue weighted by Gasteiger charge is -2.28. The quantitative estimate of drug-likeness (QED) is 0.597. The molecule has 1 unspecified atom stereocenters. The van der Waals surface area contributed by atoms with Gasteiger partial charge in [0.15, 0.2) is 0 Å². The summed E-state index contributed by atoms with van der Waals surface area (Å²) in [5.74, 6) is -1.22. The zero-order chi connectivity index (χ0) is 20.8. The molecule has 0 saturated carbocycles. The second-order valence-corrected chi connectivity index (χ2v) is 7.07. The summed E-state index contributed by atoms with van der Waals surface area (Å²) in [5, 5.41) is 16.2. The zero-order valence-corrected chi connectivity index (χ0v) is 16.5. The summed E-state index contributed by atoms with van der Waals surface area (Å²) in [5.41, 5.74) is 1.32. The molecule has 29 heavy (non-hydrogen) atoms. The first kappa shape index (κ1) is 20.6. The van der Waals surface area contributed by atoms with Gasteiger partial charge in [0, 0.05) is 4.88 Å². The maximum atomic E-state index is 12.6. The Morgan fingerprint density at radius 3 is 2.52 bits per heavy atom. The van der Waals surface area contributed by atoms with Crippen LogP contribution in [-0.2, 0) is 20.9 Å². The Morgan fingerprint density at radius 1 is 1.14 bits per heavy atom. The van der Waals surface area contributed by atoms with Crippen molar-refractivity contribution in [3.05, 3.63) is 69.1 Å². The number of ether oxygens (including phenoxy) is 2. The average molecular weight is 416 g/mol. The molecule has 2 aromatic rings. The van der Waals surface area contributed by atoms with Crippen molar-refractivity contribution in [3.8, 4) is 0 Å². The highest BCUT2D eigenvalue weighted by Gasteiger charge is 2.34. The highest BCUT2D eigenvalue weighted by molar-refractivity contribution is 7.10. The van der Waals surface area contributed by atoms with Crippen LogP contribution in [-0.4, -0.2) is 36.3 Å². The van der Waals surface area contributed by atoms with Crippen LogP contribution in [0.3, 0.4) is 0 Å². The standard InChI is InChI=1S/C20H20N2O6S/c1-2-27-19(25)16-14(21-20(26)22-17(16)15-4-3-9-29-15)11-28-18(24)13-7-5-12(10-23)6-8-13/h3-9,17,23H,2,10-11H2,1H3,(H2,21,22,26). The Bertz CT molecular complexity index is 921. The van der Waals surface area contributed by atoms with Crippen LogP contribution in [0.25, 0.3) is 0 Å². The van der Waals surface area contributed by atoms with Gasteiger partial charge >= 0.3 is 18.0 Å². The smallest absolute Gasteiger partial charge is 0.338 e. The third kappa shape index (κ3) is 4.82. The number of amides is 2. The van der Waals surface area contributed by atoms with E-state index in [4.69, 9.17) is 14.6 Å². The van der Waals surface area contributed by atoms with E-state index >= 15 is 0 Å². The fourth-order valence-electron chi connectivity index (χ4n) is 2.82. The largest absolute Gasteiger partial charge is 0.463 e. The number of carbonyl (C=O) groups excluding carboxylic acids is 3. The van der Waals surface area contributed by atoms with E-state index in [2.05, 4.69) is 10.6 Å². The molecule has 3 rings (SSSR count). The summed E-state index contributed by atoms with van der Waals surface area (Å²) in [6.45, 7) is 1.42. The van der Waals surface area contributed by atoms with Crippen LogP contribution in [0.4, 0.5) is 4.79 Å². The molecule has 1 atom stereocenters. The molecular weight excluding hydrogens is 396 g/mol. The molecule has 1 aliphatic rings. The molecule has 1 aromatic carbocycles. The predicted octanol–water partition coefficient (Wildman–Crippen LogP) is 2.27. The first-order valence-corrected chi connectivity index (χ1v) is 9.79. The zero-order valence-electron chi connectivity index (χ0n) is 15.6. The normalized spacial score (nSPS) is 16.1. The maximum Gasteiger partial charge on any atom is 0.338 e. The summed E-state index contributed by atoms with van der Waals surface area (Å²) >= 11 is 1.38. The average Bonchev–Trinajstić information content (AvgIpc) is 3.26. The van der Waals surface area contributed by atoms with E-state index in [9.17, 15) is 14.4 Å². The summed E-state index contributed by atoms with van der Waals surface area (Å²) in [4.78, 5) is 37.8. The molecule has 9 heteroatoms. The van der Waals surface area contributed by atoms with Crippen molar-refractivity contribution < 1.29 is 29.0 Å². The lowest BCUT2D eigenvalue weighted by molar-refractivity contribution is -0.139. The highest BCUT2D eigenvalue weighted by atomic mass is 32.1. The van der Waals surface area contributed by atoms with E-state index in [-0.39, 0.29) is 36.7 Å². The van der Waals surface area contributed by atoms with E-state index < -0.39 is 24.0 Å². The van der Waals surface area contributed by atoms with E-state index in [1.807, 2.05) is 11.4 Å². The first-order chi connectivity index (χ1) is 14.0. The molecule has 2 heterocycles. The van der Waals surface area contributed by atoms with Gasteiger partial charge in [-0.15, -0.1) is 11.3 Å². The van der Waals surface area contributed by atoms with E-state index in [1.54, 1.807) is 25.1 Å². The SMILES string of the molecule is CCOC(=O)C1=C(COC(=O)c2ccc(CO)cc2)NC(=O)NC1c1cccs1. The Morgan fingerprint density at radius 2 is 1.90 bits per heavy atom. The van der Waals surface area contributed by atoms with Crippen molar-refractivity contribution in [1.82, 2.24) is 10.6 Å². The third-order valence-corrected chi connectivity index (χ3v) is 5.13. The predicted molar refractivity (Wildman–Crippen MR) is 105 cm³/mol. The molecule has 0 radical (unpaired) electrons. The molecule has 0 saturated heterocycles. The van der Waals surface area contributed by atoms with Crippen molar-refractivity contribution in [2.75, 3.05) is 13.2 Å². The first-order valence-electron chi connectivity index (χ1n) is 8.91. The molecule has 0 bridgehead atoms. The monoisotopic (exact) mass is 416 g/mol. The van der Waals surface area contributed by atoms with Gasteiger partial charge in [0.1, 0.15) is 6.61 Å². The molecule has 1 aromatic heterocycles. The topological polar surface area (TPSA) is 114 Å². The summed E-state index contributed by atoms with van der Waals surface area (Å²) in [6.07, 6.45) is 0.